The Bertz CT molecular complexity index is 1040. The molecule has 26 heavy (non-hydrogen) atoms. The van der Waals surface area contributed by atoms with Crippen LogP contribution in [0.2, 0.25) is 5.02 Å². The summed E-state index contributed by atoms with van der Waals surface area (Å²) in [6, 6.07) is 24.7. The van der Waals surface area contributed by atoms with Gasteiger partial charge < -0.3 is 9.32 Å². The van der Waals surface area contributed by atoms with Crippen molar-refractivity contribution in [2.75, 3.05) is 11.9 Å². The highest BCUT2D eigenvalue weighted by atomic mass is 35.5. The second-order valence-electron chi connectivity index (χ2n) is 6.63. The second kappa shape index (κ2) is 6.89. The molecule has 0 N–H and O–H groups in total. The number of halogens is 1. The highest BCUT2D eigenvalue weighted by molar-refractivity contribution is 6.30. The van der Waals surface area contributed by atoms with E-state index >= 15 is 0 Å². The molecule has 0 aliphatic heterocycles. The van der Waals surface area contributed by atoms with Crippen LogP contribution in [0.1, 0.15) is 11.1 Å². The van der Waals surface area contributed by atoms with Gasteiger partial charge in [0.15, 0.2) is 0 Å². The molecule has 3 heteroatoms. The molecule has 4 rings (SSSR count). The molecule has 0 amide bonds. The third-order valence-electron chi connectivity index (χ3n) is 4.57. The second-order valence-corrected chi connectivity index (χ2v) is 7.07. The zero-order chi connectivity index (χ0) is 18.1. The number of fused-ring (bicyclic) bond motifs is 1. The van der Waals surface area contributed by atoms with Crippen molar-refractivity contribution < 1.29 is 4.42 Å². The van der Waals surface area contributed by atoms with E-state index in [4.69, 9.17) is 16.0 Å². The van der Waals surface area contributed by atoms with Crippen LogP contribution in [0.5, 0.6) is 0 Å². The van der Waals surface area contributed by atoms with Gasteiger partial charge in [0.05, 0.1) is 5.56 Å². The quantitative estimate of drug-likeness (QED) is 0.402. The Labute approximate surface area is 158 Å². The van der Waals surface area contributed by atoms with E-state index in [0.29, 0.717) is 0 Å². The first-order chi connectivity index (χ1) is 12.6. The largest absolute Gasteiger partial charge is 0.440 e. The standard InChI is InChI=1S/C23H20ClNO/c1-16-8-13-21-20(14-16)22(18-9-11-19(24)12-10-18)23(26-21)25(2)15-17-6-4-3-5-7-17/h3-14H,15H2,1-2H3. The minimum Gasteiger partial charge on any atom is -0.440 e. The molecule has 0 atom stereocenters. The Morgan fingerprint density at radius 1 is 0.923 bits per heavy atom. The molecule has 0 saturated heterocycles. The van der Waals surface area contributed by atoms with Gasteiger partial charge in [-0.3, -0.25) is 0 Å². The molecule has 0 fully saturated rings. The van der Waals surface area contributed by atoms with E-state index in [2.05, 4.69) is 67.4 Å². The molecule has 2 nitrogen and oxygen atoms in total. The zero-order valence-corrected chi connectivity index (χ0v) is 15.6. The number of benzene rings is 3. The first-order valence-corrected chi connectivity index (χ1v) is 9.04. The van der Waals surface area contributed by atoms with Crippen LogP contribution in [-0.2, 0) is 6.54 Å². The minimum absolute atomic E-state index is 0.733. The summed E-state index contributed by atoms with van der Waals surface area (Å²) < 4.78 is 6.27. The van der Waals surface area contributed by atoms with Crippen LogP contribution in [0.15, 0.2) is 77.2 Å². The van der Waals surface area contributed by atoms with Crippen molar-refractivity contribution in [3.05, 3.63) is 88.9 Å². The highest BCUT2D eigenvalue weighted by Gasteiger charge is 2.19. The van der Waals surface area contributed by atoms with Gasteiger partial charge in [-0.25, -0.2) is 0 Å². The molecular formula is C23H20ClNO. The summed E-state index contributed by atoms with van der Waals surface area (Å²) in [7, 11) is 2.07. The van der Waals surface area contributed by atoms with Crippen LogP contribution in [0.3, 0.4) is 0 Å². The Kier molecular flexibility index (Phi) is 4.44. The first-order valence-electron chi connectivity index (χ1n) is 8.66. The summed E-state index contributed by atoms with van der Waals surface area (Å²) in [6.07, 6.45) is 0. The van der Waals surface area contributed by atoms with E-state index in [9.17, 15) is 0 Å². The normalized spacial score (nSPS) is 11.0. The lowest BCUT2D eigenvalue weighted by Gasteiger charge is -2.18. The average molecular weight is 362 g/mol. The molecule has 0 aliphatic carbocycles. The van der Waals surface area contributed by atoms with Crippen molar-refractivity contribution in [2.45, 2.75) is 13.5 Å². The molecule has 0 saturated carbocycles. The Hall–Kier alpha value is -2.71. The van der Waals surface area contributed by atoms with Gasteiger partial charge >= 0.3 is 0 Å². The van der Waals surface area contributed by atoms with Crippen molar-refractivity contribution in [3.63, 3.8) is 0 Å². The lowest BCUT2D eigenvalue weighted by atomic mass is 10.0. The van der Waals surface area contributed by atoms with Gasteiger partial charge in [0.25, 0.3) is 0 Å². The van der Waals surface area contributed by atoms with E-state index in [1.165, 1.54) is 11.1 Å². The average Bonchev–Trinajstić information content (AvgIpc) is 3.02. The van der Waals surface area contributed by atoms with Gasteiger partial charge in [0.1, 0.15) is 5.58 Å². The molecule has 0 unspecified atom stereocenters. The maximum absolute atomic E-state index is 6.27. The number of aryl methyl sites for hydroxylation is 1. The molecule has 0 spiro atoms. The molecular weight excluding hydrogens is 342 g/mol. The predicted octanol–water partition coefficient (Wildman–Crippen LogP) is 6.70. The van der Waals surface area contributed by atoms with Crippen LogP contribution < -0.4 is 4.90 Å². The third kappa shape index (κ3) is 3.21. The maximum Gasteiger partial charge on any atom is 0.204 e. The SMILES string of the molecule is Cc1ccc2oc(N(C)Cc3ccccc3)c(-c3ccc(Cl)cc3)c2c1. The van der Waals surface area contributed by atoms with Crippen molar-refractivity contribution >= 4 is 28.5 Å². The maximum atomic E-state index is 6.27. The number of furan rings is 1. The molecule has 1 aromatic heterocycles. The molecule has 1 heterocycles. The van der Waals surface area contributed by atoms with E-state index in [1.807, 2.05) is 24.3 Å². The van der Waals surface area contributed by atoms with E-state index in [-0.39, 0.29) is 0 Å². The molecule has 0 radical (unpaired) electrons. The number of nitrogens with zero attached hydrogens (tertiary/aromatic N) is 1. The van der Waals surface area contributed by atoms with Gasteiger partial charge in [-0.2, -0.15) is 0 Å². The predicted molar refractivity (Wildman–Crippen MR) is 110 cm³/mol. The van der Waals surface area contributed by atoms with Gasteiger partial charge in [-0.05, 0) is 42.3 Å². The van der Waals surface area contributed by atoms with Gasteiger partial charge in [0.2, 0.25) is 5.88 Å². The molecule has 0 bridgehead atoms. The summed E-state index contributed by atoms with van der Waals surface area (Å²) in [4.78, 5) is 2.16. The first kappa shape index (κ1) is 16.7. The van der Waals surface area contributed by atoms with E-state index in [0.717, 1.165) is 39.5 Å². The fourth-order valence-electron chi connectivity index (χ4n) is 3.29. The zero-order valence-electron chi connectivity index (χ0n) is 14.9. The molecule has 4 aromatic rings. The van der Waals surface area contributed by atoms with Gasteiger partial charge in [0, 0.05) is 24.0 Å². The van der Waals surface area contributed by atoms with Crippen LogP contribution in [-0.4, -0.2) is 7.05 Å². The lowest BCUT2D eigenvalue weighted by Crippen LogP contribution is -2.16. The summed E-state index contributed by atoms with van der Waals surface area (Å²) >= 11 is 6.09. The van der Waals surface area contributed by atoms with Crippen molar-refractivity contribution in [2.24, 2.45) is 0 Å². The fraction of sp³-hybridized carbons (Fsp3) is 0.130. The number of hydrogen-bond acceptors (Lipinski definition) is 2. The molecule has 3 aromatic carbocycles. The van der Waals surface area contributed by atoms with E-state index < -0.39 is 0 Å². The van der Waals surface area contributed by atoms with Crippen molar-refractivity contribution in [3.8, 4) is 11.1 Å². The van der Waals surface area contributed by atoms with Crippen molar-refractivity contribution in [1.29, 1.82) is 0 Å². The topological polar surface area (TPSA) is 16.4 Å². The van der Waals surface area contributed by atoms with Crippen molar-refractivity contribution in [1.82, 2.24) is 0 Å². The third-order valence-corrected chi connectivity index (χ3v) is 4.82. The fourth-order valence-corrected chi connectivity index (χ4v) is 3.42. The van der Waals surface area contributed by atoms with Gasteiger partial charge in [-0.15, -0.1) is 0 Å². The molecule has 130 valence electrons. The van der Waals surface area contributed by atoms with Crippen LogP contribution in [0, 0.1) is 6.92 Å². The van der Waals surface area contributed by atoms with Gasteiger partial charge in [-0.1, -0.05) is 65.7 Å². The van der Waals surface area contributed by atoms with E-state index in [1.54, 1.807) is 0 Å². The lowest BCUT2D eigenvalue weighted by molar-refractivity contribution is 0.597. The molecule has 0 aliphatic rings. The Morgan fingerprint density at radius 2 is 1.65 bits per heavy atom. The number of anilines is 1. The number of hydrogen-bond donors (Lipinski definition) is 0. The Morgan fingerprint density at radius 3 is 2.38 bits per heavy atom. The van der Waals surface area contributed by atoms with Crippen LogP contribution >= 0.6 is 11.6 Å². The summed E-state index contributed by atoms with van der Waals surface area (Å²) in [6.45, 7) is 2.88. The minimum atomic E-state index is 0.733. The number of rotatable bonds is 4. The summed E-state index contributed by atoms with van der Waals surface area (Å²) in [5, 5.41) is 1.86. The summed E-state index contributed by atoms with van der Waals surface area (Å²) in [5.41, 5.74) is 5.57. The highest BCUT2D eigenvalue weighted by Crippen LogP contribution is 2.41. The summed E-state index contributed by atoms with van der Waals surface area (Å²) in [5.74, 6) is 0.872. The monoisotopic (exact) mass is 361 g/mol. The van der Waals surface area contributed by atoms with Crippen LogP contribution in [0.4, 0.5) is 5.88 Å². The smallest absolute Gasteiger partial charge is 0.204 e. The van der Waals surface area contributed by atoms with Crippen LogP contribution in [0.25, 0.3) is 22.1 Å². The Balaban J connectivity index is 1.85.